The molecule has 0 fully saturated rings. The van der Waals surface area contributed by atoms with E-state index in [1.165, 1.54) is 16.8 Å². The molecule has 1 atom stereocenters. The number of hydrogen-bond donors (Lipinski definition) is 1. The highest BCUT2D eigenvalue weighted by molar-refractivity contribution is 5.46. The van der Waals surface area contributed by atoms with E-state index in [0.29, 0.717) is 6.04 Å². The molecule has 0 bridgehead atoms. The summed E-state index contributed by atoms with van der Waals surface area (Å²) in [5.74, 6) is 0. The van der Waals surface area contributed by atoms with Gasteiger partial charge in [0.15, 0.2) is 0 Å². The summed E-state index contributed by atoms with van der Waals surface area (Å²) >= 11 is 0. The van der Waals surface area contributed by atoms with Crippen LogP contribution in [0.3, 0.4) is 0 Å². The summed E-state index contributed by atoms with van der Waals surface area (Å²) < 4.78 is 0. The van der Waals surface area contributed by atoms with Gasteiger partial charge in [0.1, 0.15) is 0 Å². The number of hydrogen-bond acceptors (Lipinski definition) is 1. The molecular formula is C13H19N. The zero-order valence-corrected chi connectivity index (χ0v) is 9.30. The predicted molar refractivity (Wildman–Crippen MR) is 63.7 cm³/mol. The second-order valence-electron chi connectivity index (χ2n) is 3.82. The molecule has 0 saturated carbocycles. The van der Waals surface area contributed by atoms with Crippen LogP contribution in [0, 0.1) is 6.92 Å². The molecule has 14 heavy (non-hydrogen) atoms. The lowest BCUT2D eigenvalue weighted by atomic mass is 10.1. The average molecular weight is 189 g/mol. The Kier molecular flexibility index (Phi) is 3.75. The number of rotatable bonds is 4. The summed E-state index contributed by atoms with van der Waals surface area (Å²) in [4.78, 5) is 0. The van der Waals surface area contributed by atoms with E-state index in [9.17, 15) is 0 Å². The van der Waals surface area contributed by atoms with E-state index >= 15 is 0 Å². The molecule has 1 aromatic rings. The van der Waals surface area contributed by atoms with Crippen LogP contribution in [0.15, 0.2) is 36.4 Å². The van der Waals surface area contributed by atoms with Crippen molar-refractivity contribution in [3.05, 3.63) is 42.0 Å². The van der Waals surface area contributed by atoms with Crippen molar-refractivity contribution in [2.45, 2.75) is 33.2 Å². The summed E-state index contributed by atoms with van der Waals surface area (Å²) in [6, 6.07) is 8.85. The van der Waals surface area contributed by atoms with Crippen LogP contribution in [0.5, 0.6) is 0 Å². The largest absolute Gasteiger partial charge is 0.379 e. The second kappa shape index (κ2) is 4.85. The van der Waals surface area contributed by atoms with Gasteiger partial charge in [0.05, 0.1) is 0 Å². The highest BCUT2D eigenvalue weighted by Gasteiger charge is 2.05. The number of anilines is 1. The minimum Gasteiger partial charge on any atom is -0.379 e. The highest BCUT2D eigenvalue weighted by atomic mass is 14.9. The maximum absolute atomic E-state index is 3.98. The van der Waals surface area contributed by atoms with Crippen LogP contribution < -0.4 is 5.32 Å². The first-order valence-corrected chi connectivity index (χ1v) is 5.12. The molecule has 0 aliphatic carbocycles. The molecule has 0 aromatic heterocycles. The van der Waals surface area contributed by atoms with Gasteiger partial charge in [0.2, 0.25) is 0 Å². The molecule has 0 aliphatic rings. The topological polar surface area (TPSA) is 12.0 Å². The Labute approximate surface area is 86.8 Å². The fourth-order valence-corrected chi connectivity index (χ4v) is 1.42. The SMILES string of the molecule is C=C(C)C(CC)Nc1ccc(C)cc1. The third-order valence-corrected chi connectivity index (χ3v) is 2.40. The van der Waals surface area contributed by atoms with Crippen LogP contribution in [0.25, 0.3) is 0 Å². The van der Waals surface area contributed by atoms with Crippen molar-refractivity contribution in [1.29, 1.82) is 0 Å². The van der Waals surface area contributed by atoms with Gasteiger partial charge in [0, 0.05) is 11.7 Å². The van der Waals surface area contributed by atoms with Gasteiger partial charge in [-0.1, -0.05) is 36.8 Å². The second-order valence-corrected chi connectivity index (χ2v) is 3.82. The maximum atomic E-state index is 3.98. The standard InChI is InChI=1S/C13H19N/c1-5-13(10(2)3)14-12-8-6-11(4)7-9-12/h6-9,13-14H,2,5H2,1,3-4H3. The zero-order valence-electron chi connectivity index (χ0n) is 9.30. The van der Waals surface area contributed by atoms with Gasteiger partial charge >= 0.3 is 0 Å². The van der Waals surface area contributed by atoms with E-state index in [-0.39, 0.29) is 0 Å². The van der Waals surface area contributed by atoms with Crippen LogP contribution in [0.1, 0.15) is 25.8 Å². The molecule has 0 spiro atoms. The Morgan fingerprint density at radius 3 is 2.36 bits per heavy atom. The third kappa shape index (κ3) is 2.91. The lowest BCUT2D eigenvalue weighted by molar-refractivity contribution is 0.791. The number of benzene rings is 1. The monoisotopic (exact) mass is 189 g/mol. The van der Waals surface area contributed by atoms with Crippen LogP contribution in [-0.2, 0) is 0 Å². The zero-order chi connectivity index (χ0) is 10.6. The molecular weight excluding hydrogens is 170 g/mol. The summed E-state index contributed by atoms with van der Waals surface area (Å²) in [6.45, 7) is 10.3. The van der Waals surface area contributed by atoms with Gasteiger partial charge < -0.3 is 5.32 Å². The van der Waals surface area contributed by atoms with Crippen LogP contribution in [-0.4, -0.2) is 6.04 Å². The number of nitrogens with one attached hydrogen (secondary N) is 1. The molecule has 0 amide bonds. The molecule has 1 unspecified atom stereocenters. The Hall–Kier alpha value is -1.24. The summed E-state index contributed by atoms with van der Waals surface area (Å²) in [7, 11) is 0. The van der Waals surface area contributed by atoms with E-state index in [0.717, 1.165) is 6.42 Å². The summed E-state index contributed by atoms with van der Waals surface area (Å²) in [5.41, 5.74) is 3.65. The van der Waals surface area contributed by atoms with E-state index in [1.807, 2.05) is 0 Å². The van der Waals surface area contributed by atoms with Gasteiger partial charge in [-0.2, -0.15) is 0 Å². The smallest absolute Gasteiger partial charge is 0.0465 e. The van der Waals surface area contributed by atoms with E-state index in [4.69, 9.17) is 0 Å². The fourth-order valence-electron chi connectivity index (χ4n) is 1.42. The Morgan fingerprint density at radius 1 is 1.36 bits per heavy atom. The molecule has 76 valence electrons. The predicted octanol–water partition coefficient (Wildman–Crippen LogP) is 3.76. The van der Waals surface area contributed by atoms with Crippen molar-refractivity contribution in [3.63, 3.8) is 0 Å². The highest BCUT2D eigenvalue weighted by Crippen LogP contribution is 2.14. The van der Waals surface area contributed by atoms with Gasteiger partial charge in [-0.15, -0.1) is 0 Å². The van der Waals surface area contributed by atoms with Gasteiger partial charge in [-0.05, 0) is 32.4 Å². The lowest BCUT2D eigenvalue weighted by Gasteiger charge is -2.18. The first-order chi connectivity index (χ1) is 6.63. The molecule has 0 heterocycles. The van der Waals surface area contributed by atoms with Crippen molar-refractivity contribution in [2.24, 2.45) is 0 Å². The molecule has 1 nitrogen and oxygen atoms in total. The van der Waals surface area contributed by atoms with Crippen LogP contribution in [0.2, 0.25) is 0 Å². The first kappa shape index (κ1) is 10.8. The van der Waals surface area contributed by atoms with Crippen molar-refractivity contribution >= 4 is 5.69 Å². The van der Waals surface area contributed by atoms with Crippen molar-refractivity contribution in [2.75, 3.05) is 5.32 Å². The Balaban J connectivity index is 2.67. The van der Waals surface area contributed by atoms with E-state index in [1.54, 1.807) is 0 Å². The van der Waals surface area contributed by atoms with Gasteiger partial charge in [-0.25, -0.2) is 0 Å². The quantitative estimate of drug-likeness (QED) is 0.711. The molecule has 1 rings (SSSR count). The summed E-state index contributed by atoms with van der Waals surface area (Å²) in [6.07, 6.45) is 1.07. The average Bonchev–Trinajstić information content (AvgIpc) is 2.16. The Bertz CT molecular complexity index is 298. The fraction of sp³-hybridized carbons (Fsp3) is 0.385. The Morgan fingerprint density at radius 2 is 1.93 bits per heavy atom. The molecule has 1 aromatic carbocycles. The van der Waals surface area contributed by atoms with Crippen molar-refractivity contribution in [1.82, 2.24) is 0 Å². The van der Waals surface area contributed by atoms with Crippen LogP contribution in [0.4, 0.5) is 5.69 Å². The maximum Gasteiger partial charge on any atom is 0.0465 e. The third-order valence-electron chi connectivity index (χ3n) is 2.40. The molecule has 1 N–H and O–H groups in total. The minimum absolute atomic E-state index is 0.387. The number of aryl methyl sites for hydroxylation is 1. The van der Waals surface area contributed by atoms with Crippen molar-refractivity contribution in [3.8, 4) is 0 Å². The lowest BCUT2D eigenvalue weighted by Crippen LogP contribution is -2.18. The van der Waals surface area contributed by atoms with Crippen LogP contribution >= 0.6 is 0 Å². The van der Waals surface area contributed by atoms with Gasteiger partial charge in [-0.3, -0.25) is 0 Å². The summed E-state index contributed by atoms with van der Waals surface area (Å²) in [5, 5.41) is 3.46. The normalized spacial score (nSPS) is 12.2. The van der Waals surface area contributed by atoms with E-state index in [2.05, 4.69) is 56.9 Å². The molecule has 0 radical (unpaired) electrons. The molecule has 0 aliphatic heterocycles. The van der Waals surface area contributed by atoms with Gasteiger partial charge in [0.25, 0.3) is 0 Å². The first-order valence-electron chi connectivity index (χ1n) is 5.12. The molecule has 0 saturated heterocycles. The van der Waals surface area contributed by atoms with Crippen molar-refractivity contribution < 1.29 is 0 Å². The molecule has 1 heteroatoms. The van der Waals surface area contributed by atoms with E-state index < -0.39 is 0 Å². The minimum atomic E-state index is 0.387.